The molecule has 0 aliphatic heterocycles. The molecule has 0 atom stereocenters. The number of hydrogen-bond donors (Lipinski definition) is 1. The third-order valence-corrected chi connectivity index (χ3v) is 8.77. The highest BCUT2D eigenvalue weighted by Crippen LogP contribution is 2.37. The number of methoxy groups -OCH3 is 1. The molecule has 0 spiro atoms. The minimum atomic E-state index is -0.366. The molecule has 6 rings (SSSR count). The number of halogens is 1. The minimum absolute atomic E-state index is 0.0269. The van der Waals surface area contributed by atoms with Crippen LogP contribution in [0.4, 0.5) is 0 Å². The summed E-state index contributed by atoms with van der Waals surface area (Å²) in [7, 11) is 1.38. The van der Waals surface area contributed by atoms with E-state index in [4.69, 9.17) is 21.1 Å². The largest absolute Gasteiger partial charge is 0.493 e. The average Bonchev–Trinajstić information content (AvgIpc) is 3.41. The Labute approximate surface area is 281 Å². The predicted molar refractivity (Wildman–Crippen MR) is 191 cm³/mol. The summed E-state index contributed by atoms with van der Waals surface area (Å²) in [4.78, 5) is 11.9. The molecule has 6 heteroatoms. The maximum atomic E-state index is 11.9. The van der Waals surface area contributed by atoms with Crippen LogP contribution in [0, 0.1) is 0 Å². The van der Waals surface area contributed by atoms with Crippen LogP contribution in [0.3, 0.4) is 0 Å². The number of benzene rings is 5. The van der Waals surface area contributed by atoms with Crippen molar-refractivity contribution in [2.45, 2.75) is 25.3 Å². The molecular weight excluding hydrogens is 604 g/mol. The van der Waals surface area contributed by atoms with Gasteiger partial charge in [0.25, 0.3) is 0 Å². The van der Waals surface area contributed by atoms with Crippen LogP contribution < -0.4 is 10.1 Å². The van der Waals surface area contributed by atoms with Gasteiger partial charge in [-0.3, -0.25) is 0 Å². The maximum absolute atomic E-state index is 11.9. The summed E-state index contributed by atoms with van der Waals surface area (Å²) in [5, 5.41) is 5.55. The zero-order valence-corrected chi connectivity index (χ0v) is 27.3. The van der Waals surface area contributed by atoms with Gasteiger partial charge >= 0.3 is 5.97 Å². The van der Waals surface area contributed by atoms with Crippen LogP contribution in [0.2, 0.25) is 5.02 Å². The lowest BCUT2D eigenvalue weighted by molar-refractivity contribution is 0.0600. The van der Waals surface area contributed by atoms with Gasteiger partial charge in [-0.1, -0.05) is 103 Å². The first-order valence-electron chi connectivity index (χ1n) is 16.1. The first-order chi connectivity index (χ1) is 23.1. The van der Waals surface area contributed by atoms with E-state index in [0.29, 0.717) is 29.4 Å². The Hall–Kier alpha value is -4.84. The first kappa shape index (κ1) is 32.1. The molecule has 1 heterocycles. The van der Waals surface area contributed by atoms with E-state index in [1.807, 2.05) is 18.2 Å². The van der Waals surface area contributed by atoms with Gasteiger partial charge in [-0.2, -0.15) is 0 Å². The van der Waals surface area contributed by atoms with E-state index in [2.05, 4.69) is 113 Å². The molecule has 0 saturated heterocycles. The summed E-state index contributed by atoms with van der Waals surface area (Å²) in [6.07, 6.45) is 2.50. The predicted octanol–water partition coefficient (Wildman–Crippen LogP) is 8.72. The molecule has 238 valence electrons. The number of ether oxygens (including phenoxy) is 2. The molecule has 0 aliphatic rings. The van der Waals surface area contributed by atoms with Crippen LogP contribution in [-0.4, -0.2) is 37.3 Å². The van der Waals surface area contributed by atoms with Gasteiger partial charge in [-0.05, 0) is 77.7 Å². The Morgan fingerprint density at radius 1 is 0.745 bits per heavy atom. The molecule has 6 aromatic rings. The summed E-state index contributed by atoms with van der Waals surface area (Å²) >= 11 is 6.66. The number of carbonyl (C=O) groups is 1. The summed E-state index contributed by atoms with van der Waals surface area (Å²) in [6, 6.07) is 45.3. The summed E-state index contributed by atoms with van der Waals surface area (Å²) in [6.45, 7) is 2.20. The lowest BCUT2D eigenvalue weighted by Crippen LogP contribution is -2.23. The Morgan fingerprint density at radius 3 is 2.00 bits per heavy atom. The Bertz CT molecular complexity index is 1850. The van der Waals surface area contributed by atoms with Gasteiger partial charge in [0.2, 0.25) is 0 Å². The molecule has 0 aliphatic carbocycles. The number of hydrogen-bond acceptors (Lipinski definition) is 4. The van der Waals surface area contributed by atoms with Gasteiger partial charge in [0.05, 0.1) is 25.3 Å². The van der Waals surface area contributed by atoms with E-state index in [-0.39, 0.29) is 12.0 Å². The second kappa shape index (κ2) is 15.6. The molecule has 0 fully saturated rings. The van der Waals surface area contributed by atoms with Crippen molar-refractivity contribution in [2.24, 2.45) is 0 Å². The highest BCUT2D eigenvalue weighted by Gasteiger charge is 2.25. The van der Waals surface area contributed by atoms with E-state index < -0.39 is 0 Å². The molecule has 5 aromatic carbocycles. The Kier molecular flexibility index (Phi) is 10.7. The van der Waals surface area contributed by atoms with Gasteiger partial charge in [0.15, 0.2) is 0 Å². The SMILES string of the molecule is COC(=O)c1ccc(OCCc2c(CCNCCc3ccccc3)n(C(c3ccccc3)c3ccccc3)c3ccc(Cl)cc23)cc1. The van der Waals surface area contributed by atoms with Crippen LogP contribution in [0.1, 0.15) is 44.3 Å². The smallest absolute Gasteiger partial charge is 0.337 e. The molecule has 1 aromatic heterocycles. The fraction of sp³-hybridized carbons (Fsp3) is 0.195. The molecular formula is C41H39ClN2O3. The normalized spacial score (nSPS) is 11.2. The standard InChI is InChI=1S/C41H39ClN2O3/c1-46-41(45)33-17-20-35(21-18-33)47-28-25-36-37-29-34(42)19-22-38(37)44(39(36)24-27-43-26-23-30-11-5-2-6-12-30)40(31-13-7-3-8-14-31)32-15-9-4-10-16-32/h2-22,29,40,43H,23-28H2,1H3. The summed E-state index contributed by atoms with van der Waals surface area (Å²) in [5.41, 5.74) is 7.90. The van der Waals surface area contributed by atoms with Crippen molar-refractivity contribution < 1.29 is 14.3 Å². The van der Waals surface area contributed by atoms with Crippen LogP contribution in [0.5, 0.6) is 5.75 Å². The highest BCUT2D eigenvalue weighted by atomic mass is 35.5. The number of rotatable bonds is 14. The van der Waals surface area contributed by atoms with Crippen molar-refractivity contribution >= 4 is 28.5 Å². The molecule has 0 bridgehead atoms. The molecule has 0 radical (unpaired) electrons. The number of nitrogens with zero attached hydrogens (tertiary/aromatic N) is 1. The second-order valence-electron chi connectivity index (χ2n) is 11.5. The number of carbonyl (C=O) groups excluding carboxylic acids is 1. The zero-order valence-electron chi connectivity index (χ0n) is 26.6. The quantitative estimate of drug-likeness (QED) is 0.0954. The number of fused-ring (bicyclic) bond motifs is 1. The minimum Gasteiger partial charge on any atom is -0.493 e. The van der Waals surface area contributed by atoms with Gasteiger partial charge in [0, 0.05) is 41.0 Å². The second-order valence-corrected chi connectivity index (χ2v) is 12.0. The van der Waals surface area contributed by atoms with E-state index >= 15 is 0 Å². The van der Waals surface area contributed by atoms with Crippen LogP contribution >= 0.6 is 11.6 Å². The molecule has 0 saturated carbocycles. The molecule has 47 heavy (non-hydrogen) atoms. The molecule has 5 nitrogen and oxygen atoms in total. The van der Waals surface area contributed by atoms with Crippen molar-refractivity contribution in [3.8, 4) is 5.75 Å². The van der Waals surface area contributed by atoms with Gasteiger partial charge in [-0.25, -0.2) is 4.79 Å². The topological polar surface area (TPSA) is 52.5 Å². The van der Waals surface area contributed by atoms with Crippen LogP contribution in [0.25, 0.3) is 10.9 Å². The first-order valence-corrected chi connectivity index (χ1v) is 16.5. The van der Waals surface area contributed by atoms with E-state index in [9.17, 15) is 4.79 Å². The number of nitrogens with one attached hydrogen (secondary N) is 1. The fourth-order valence-corrected chi connectivity index (χ4v) is 6.47. The van der Waals surface area contributed by atoms with Crippen molar-refractivity contribution in [2.75, 3.05) is 26.8 Å². The summed E-state index contributed by atoms with van der Waals surface area (Å²) < 4.78 is 13.6. The maximum Gasteiger partial charge on any atom is 0.337 e. The van der Waals surface area contributed by atoms with E-state index in [1.165, 1.54) is 35.1 Å². The van der Waals surface area contributed by atoms with Gasteiger partial charge in [-0.15, -0.1) is 0 Å². The lowest BCUT2D eigenvalue weighted by atomic mass is 9.97. The number of aromatic nitrogens is 1. The van der Waals surface area contributed by atoms with Crippen molar-refractivity contribution in [1.82, 2.24) is 9.88 Å². The highest BCUT2D eigenvalue weighted by molar-refractivity contribution is 6.31. The van der Waals surface area contributed by atoms with Crippen molar-refractivity contribution in [1.29, 1.82) is 0 Å². The molecule has 0 amide bonds. The zero-order chi connectivity index (χ0) is 32.4. The third-order valence-electron chi connectivity index (χ3n) is 8.54. The Morgan fingerprint density at radius 2 is 1.36 bits per heavy atom. The van der Waals surface area contributed by atoms with Crippen molar-refractivity contribution in [3.05, 3.63) is 172 Å². The van der Waals surface area contributed by atoms with Gasteiger partial charge < -0.3 is 19.4 Å². The number of esters is 1. The van der Waals surface area contributed by atoms with E-state index in [1.54, 1.807) is 12.1 Å². The average molecular weight is 643 g/mol. The summed E-state index contributed by atoms with van der Waals surface area (Å²) in [5.74, 6) is 0.338. The Balaban J connectivity index is 1.36. The van der Waals surface area contributed by atoms with Crippen LogP contribution in [-0.2, 0) is 24.0 Å². The third kappa shape index (κ3) is 7.76. The van der Waals surface area contributed by atoms with Gasteiger partial charge in [0.1, 0.15) is 5.75 Å². The van der Waals surface area contributed by atoms with E-state index in [0.717, 1.165) is 36.8 Å². The molecule has 0 unspecified atom stereocenters. The monoisotopic (exact) mass is 642 g/mol. The lowest BCUT2D eigenvalue weighted by Gasteiger charge is -2.25. The van der Waals surface area contributed by atoms with Crippen molar-refractivity contribution in [3.63, 3.8) is 0 Å². The fourth-order valence-electron chi connectivity index (χ4n) is 6.30. The van der Waals surface area contributed by atoms with Crippen LogP contribution in [0.15, 0.2) is 133 Å². The molecule has 1 N–H and O–H groups in total.